The van der Waals surface area contributed by atoms with Crippen molar-refractivity contribution in [2.24, 2.45) is 0 Å². The zero-order valence-electron chi connectivity index (χ0n) is 18.8. The van der Waals surface area contributed by atoms with Crippen molar-refractivity contribution in [3.8, 4) is 5.75 Å². The van der Waals surface area contributed by atoms with E-state index < -0.39 is 5.54 Å². The molecule has 3 N–H and O–H groups in total. The van der Waals surface area contributed by atoms with Crippen molar-refractivity contribution in [1.29, 1.82) is 0 Å². The van der Waals surface area contributed by atoms with E-state index in [1.807, 2.05) is 43.4 Å². The molecule has 7 nitrogen and oxygen atoms in total. The van der Waals surface area contributed by atoms with Crippen LogP contribution in [0.3, 0.4) is 0 Å². The number of carbonyl (C=O) groups is 1. The lowest BCUT2D eigenvalue weighted by Gasteiger charge is -2.43. The van der Waals surface area contributed by atoms with Gasteiger partial charge in [0.05, 0.1) is 29.2 Å². The minimum absolute atomic E-state index is 0.170. The van der Waals surface area contributed by atoms with Crippen molar-refractivity contribution in [2.45, 2.75) is 12.5 Å². The highest BCUT2D eigenvalue weighted by atomic mass is 79.9. The number of hydrogen-bond acceptors (Lipinski definition) is 6. The fourth-order valence-corrected chi connectivity index (χ4v) is 5.08. The van der Waals surface area contributed by atoms with Crippen LogP contribution in [0.2, 0.25) is 5.02 Å². The molecule has 1 atom stereocenters. The maximum absolute atomic E-state index is 12.6. The van der Waals surface area contributed by atoms with Crippen LogP contribution in [0.15, 0.2) is 70.7 Å². The SMILES string of the molecule is COc1ccccc1C(=O)NCCNC1=CC(C)(c2ccccc2Cl)NC2=C(Br)CN(C)N12. The van der Waals surface area contributed by atoms with E-state index in [0.717, 1.165) is 28.2 Å². The van der Waals surface area contributed by atoms with Crippen molar-refractivity contribution in [2.75, 3.05) is 33.8 Å². The molecule has 1 amide bonds. The van der Waals surface area contributed by atoms with Crippen LogP contribution in [0.5, 0.6) is 5.75 Å². The third-order valence-corrected chi connectivity index (χ3v) is 6.67. The first-order valence-electron chi connectivity index (χ1n) is 10.6. The van der Waals surface area contributed by atoms with Crippen molar-refractivity contribution in [3.05, 3.63) is 86.9 Å². The van der Waals surface area contributed by atoms with E-state index in [4.69, 9.17) is 16.3 Å². The van der Waals surface area contributed by atoms with Crippen LogP contribution in [0.25, 0.3) is 0 Å². The Morgan fingerprint density at radius 2 is 1.94 bits per heavy atom. The van der Waals surface area contributed by atoms with Crippen LogP contribution in [0, 0.1) is 0 Å². The summed E-state index contributed by atoms with van der Waals surface area (Å²) in [5.41, 5.74) is 0.982. The van der Waals surface area contributed by atoms with Gasteiger partial charge < -0.3 is 20.7 Å². The second-order valence-electron chi connectivity index (χ2n) is 8.10. The minimum atomic E-state index is -0.517. The summed E-state index contributed by atoms with van der Waals surface area (Å²) >= 11 is 10.3. The van der Waals surface area contributed by atoms with Gasteiger partial charge >= 0.3 is 0 Å². The number of halogens is 2. The Labute approximate surface area is 207 Å². The van der Waals surface area contributed by atoms with E-state index in [2.05, 4.69) is 54.9 Å². The molecular weight excluding hydrogens is 506 g/mol. The van der Waals surface area contributed by atoms with Crippen LogP contribution in [0.4, 0.5) is 0 Å². The highest BCUT2D eigenvalue weighted by molar-refractivity contribution is 9.11. The van der Waals surface area contributed by atoms with Gasteiger partial charge in [0.15, 0.2) is 0 Å². The number of fused-ring (bicyclic) bond motifs is 1. The van der Waals surface area contributed by atoms with Crippen LogP contribution < -0.4 is 20.7 Å². The Bertz CT molecular complexity index is 1120. The fourth-order valence-electron chi connectivity index (χ4n) is 4.12. The monoisotopic (exact) mass is 531 g/mol. The molecule has 2 aliphatic heterocycles. The van der Waals surface area contributed by atoms with Crippen molar-refractivity contribution in [1.82, 2.24) is 26.0 Å². The number of ether oxygens (including phenoxy) is 1. The van der Waals surface area contributed by atoms with Crippen molar-refractivity contribution in [3.63, 3.8) is 0 Å². The van der Waals surface area contributed by atoms with Crippen LogP contribution in [-0.2, 0) is 5.54 Å². The van der Waals surface area contributed by atoms with E-state index in [9.17, 15) is 4.79 Å². The second-order valence-corrected chi connectivity index (χ2v) is 9.47. The average molecular weight is 533 g/mol. The maximum atomic E-state index is 12.6. The van der Waals surface area contributed by atoms with Gasteiger partial charge in [0.2, 0.25) is 0 Å². The number of benzene rings is 2. The molecule has 2 aliphatic rings. The summed E-state index contributed by atoms with van der Waals surface area (Å²) < 4.78 is 6.34. The van der Waals surface area contributed by atoms with Gasteiger partial charge in [0, 0.05) is 25.2 Å². The zero-order chi connectivity index (χ0) is 23.6. The van der Waals surface area contributed by atoms with Crippen molar-refractivity contribution < 1.29 is 9.53 Å². The molecule has 0 spiro atoms. The number of rotatable bonds is 7. The second kappa shape index (κ2) is 9.67. The number of nitrogens with zero attached hydrogens (tertiary/aromatic N) is 2. The lowest BCUT2D eigenvalue weighted by atomic mass is 9.90. The molecule has 0 fully saturated rings. The Morgan fingerprint density at radius 1 is 1.21 bits per heavy atom. The molecule has 2 heterocycles. The first-order chi connectivity index (χ1) is 15.8. The van der Waals surface area contributed by atoms with Gasteiger partial charge in [-0.1, -0.05) is 57.9 Å². The Balaban J connectivity index is 1.51. The molecule has 0 radical (unpaired) electrons. The van der Waals surface area contributed by atoms with Gasteiger partial charge in [-0.25, -0.2) is 10.0 Å². The molecule has 0 saturated carbocycles. The predicted octanol–water partition coefficient (Wildman–Crippen LogP) is 3.75. The largest absolute Gasteiger partial charge is 0.496 e. The molecule has 1 unspecified atom stereocenters. The molecule has 2 aromatic rings. The Morgan fingerprint density at radius 3 is 2.70 bits per heavy atom. The van der Waals surface area contributed by atoms with Gasteiger partial charge in [0.25, 0.3) is 5.91 Å². The summed E-state index contributed by atoms with van der Waals surface area (Å²) in [6.45, 7) is 3.83. The zero-order valence-corrected chi connectivity index (χ0v) is 21.1. The van der Waals surface area contributed by atoms with Gasteiger partial charge in [-0.15, -0.1) is 0 Å². The molecule has 2 aromatic carbocycles. The summed E-state index contributed by atoms with van der Waals surface area (Å²) in [6, 6.07) is 15.0. The van der Waals surface area contributed by atoms with E-state index in [1.165, 1.54) is 0 Å². The Kier molecular flexibility index (Phi) is 6.88. The summed E-state index contributed by atoms with van der Waals surface area (Å²) in [5.74, 6) is 2.26. The molecule has 174 valence electrons. The Hall–Kier alpha value is -2.68. The number of amides is 1. The third-order valence-electron chi connectivity index (χ3n) is 5.71. The molecule has 0 bridgehead atoms. The lowest BCUT2D eigenvalue weighted by molar-refractivity contribution is 0.0772. The number of carbonyl (C=O) groups excluding carboxylic acids is 1. The average Bonchev–Trinajstić information content (AvgIpc) is 3.09. The van der Waals surface area contributed by atoms with Gasteiger partial charge in [-0.3, -0.25) is 4.79 Å². The third kappa shape index (κ3) is 4.69. The minimum Gasteiger partial charge on any atom is -0.496 e. The quantitative estimate of drug-likeness (QED) is 0.472. The summed E-state index contributed by atoms with van der Waals surface area (Å²) in [5, 5.41) is 15.0. The normalized spacial score (nSPS) is 20.2. The number of hydrazine groups is 1. The maximum Gasteiger partial charge on any atom is 0.255 e. The molecule has 9 heteroatoms. The van der Waals surface area contributed by atoms with E-state index >= 15 is 0 Å². The van der Waals surface area contributed by atoms with Crippen molar-refractivity contribution >= 4 is 33.4 Å². The lowest BCUT2D eigenvalue weighted by Crippen LogP contribution is -2.52. The topological polar surface area (TPSA) is 68.9 Å². The molecule has 33 heavy (non-hydrogen) atoms. The standard InChI is InChI=1S/C24H27BrClN5O2/c1-24(17-9-5-6-10-19(17)26)14-21(31-22(29-24)18(25)15-30(31)2)27-12-13-28-23(32)16-8-4-7-11-20(16)33-3/h4-11,14,27,29H,12-13,15H2,1-3H3,(H,28,32). The molecule has 0 aromatic heterocycles. The van der Waals surface area contributed by atoms with Crippen LogP contribution in [0.1, 0.15) is 22.8 Å². The van der Waals surface area contributed by atoms with Gasteiger partial charge in [-0.05, 0) is 36.8 Å². The first kappa shape index (κ1) is 23.5. The number of nitrogens with one attached hydrogen (secondary N) is 3. The predicted molar refractivity (Wildman–Crippen MR) is 134 cm³/mol. The molecule has 4 rings (SSSR count). The van der Waals surface area contributed by atoms with E-state index in [1.54, 1.807) is 19.2 Å². The molecule has 0 aliphatic carbocycles. The number of methoxy groups -OCH3 is 1. The number of para-hydroxylation sites is 1. The van der Waals surface area contributed by atoms with Gasteiger partial charge in [-0.2, -0.15) is 0 Å². The van der Waals surface area contributed by atoms with E-state index in [-0.39, 0.29) is 5.91 Å². The molecule has 0 saturated heterocycles. The summed E-state index contributed by atoms with van der Waals surface area (Å²) in [7, 11) is 3.58. The van der Waals surface area contributed by atoms with Crippen LogP contribution in [-0.4, -0.2) is 49.7 Å². The highest BCUT2D eigenvalue weighted by Gasteiger charge is 2.40. The smallest absolute Gasteiger partial charge is 0.255 e. The fraction of sp³-hybridized carbons (Fsp3) is 0.292. The number of likely N-dealkylation sites (N-methyl/N-ethyl adjacent to an activating group) is 1. The number of hydrogen-bond donors (Lipinski definition) is 3. The van der Waals surface area contributed by atoms with Gasteiger partial charge in [0.1, 0.15) is 17.4 Å². The molecular formula is C24H27BrClN5O2. The van der Waals surface area contributed by atoms with Crippen LogP contribution >= 0.6 is 27.5 Å². The summed E-state index contributed by atoms with van der Waals surface area (Å²) in [6.07, 6.45) is 2.13. The highest BCUT2D eigenvalue weighted by Crippen LogP contribution is 2.39. The van der Waals surface area contributed by atoms with E-state index in [0.29, 0.717) is 29.4 Å². The summed E-state index contributed by atoms with van der Waals surface area (Å²) in [4.78, 5) is 12.6. The first-order valence-corrected chi connectivity index (χ1v) is 11.8.